The zero-order valence-electron chi connectivity index (χ0n) is 16.8. The second kappa shape index (κ2) is 8.36. The summed E-state index contributed by atoms with van der Waals surface area (Å²) < 4.78 is 13.6. The summed E-state index contributed by atoms with van der Waals surface area (Å²) in [7, 11) is 1.75. The van der Waals surface area contributed by atoms with Crippen molar-refractivity contribution >= 4 is 28.9 Å². The number of Topliss-reactive ketones (excluding diaryl/α,β-unsaturated/α-hetero) is 1. The number of rotatable bonds is 5. The van der Waals surface area contributed by atoms with Crippen LogP contribution < -0.4 is 4.90 Å². The van der Waals surface area contributed by atoms with Crippen molar-refractivity contribution < 1.29 is 9.18 Å². The molecule has 0 atom stereocenters. The maximum Gasteiger partial charge on any atom is 0.266 e. The first-order valence-corrected chi connectivity index (χ1v) is 10.0. The normalized spacial score (nSPS) is 14.3. The van der Waals surface area contributed by atoms with E-state index in [9.17, 15) is 9.18 Å². The number of ketones is 1. The number of halogens is 2. The monoisotopic (exact) mass is 425 g/mol. The van der Waals surface area contributed by atoms with Gasteiger partial charge in [0, 0.05) is 25.1 Å². The molecular formula is C22H21ClFN5O. The van der Waals surface area contributed by atoms with E-state index >= 15 is 0 Å². The van der Waals surface area contributed by atoms with E-state index in [-0.39, 0.29) is 22.8 Å². The lowest BCUT2D eigenvalue weighted by Crippen LogP contribution is -2.31. The van der Waals surface area contributed by atoms with Gasteiger partial charge in [0.15, 0.2) is 5.78 Å². The van der Waals surface area contributed by atoms with Crippen molar-refractivity contribution in [2.45, 2.75) is 19.8 Å². The molecule has 0 spiro atoms. The third kappa shape index (κ3) is 4.11. The second-order valence-corrected chi connectivity index (χ2v) is 7.79. The smallest absolute Gasteiger partial charge is 0.266 e. The van der Waals surface area contributed by atoms with Crippen molar-refractivity contribution in [3.63, 3.8) is 0 Å². The summed E-state index contributed by atoms with van der Waals surface area (Å²) in [4.78, 5) is 16.1. The third-order valence-corrected chi connectivity index (χ3v) is 5.70. The van der Waals surface area contributed by atoms with Gasteiger partial charge in [0.2, 0.25) is 0 Å². The number of tetrazole rings is 1. The molecule has 6 nitrogen and oxygen atoms in total. The Labute approximate surface area is 179 Å². The van der Waals surface area contributed by atoms with E-state index in [0.29, 0.717) is 12.5 Å². The molecule has 0 aliphatic carbocycles. The molecule has 8 heteroatoms. The Balaban J connectivity index is 1.50. The van der Waals surface area contributed by atoms with Gasteiger partial charge in [0.25, 0.3) is 5.95 Å². The molecule has 1 aromatic heterocycles. The zero-order valence-corrected chi connectivity index (χ0v) is 17.5. The molecule has 1 aliphatic heterocycles. The largest absolute Gasteiger partial charge is 0.334 e. The number of hydrogen-bond acceptors (Lipinski definition) is 5. The molecule has 2 aromatic carbocycles. The van der Waals surface area contributed by atoms with Crippen molar-refractivity contribution in [2.24, 2.45) is 7.05 Å². The van der Waals surface area contributed by atoms with Gasteiger partial charge in [0.1, 0.15) is 5.82 Å². The number of benzene rings is 2. The Hall–Kier alpha value is -3.06. The molecule has 0 radical (unpaired) electrons. The van der Waals surface area contributed by atoms with Crippen LogP contribution in [0.15, 0.2) is 48.0 Å². The number of carbonyl (C=O) groups excluding carboxylic acids is 1. The molecule has 30 heavy (non-hydrogen) atoms. The minimum Gasteiger partial charge on any atom is -0.334 e. The van der Waals surface area contributed by atoms with Crippen LogP contribution in [0.1, 0.15) is 34.8 Å². The minimum atomic E-state index is -0.584. The first kappa shape index (κ1) is 20.2. The molecule has 0 N–H and O–H groups in total. The lowest BCUT2D eigenvalue weighted by atomic mass is 9.93. The topological polar surface area (TPSA) is 63.9 Å². The lowest BCUT2D eigenvalue weighted by Gasteiger charge is -2.29. The number of aromatic nitrogens is 4. The van der Waals surface area contributed by atoms with Crippen LogP contribution in [0.4, 0.5) is 10.3 Å². The highest BCUT2D eigenvalue weighted by Gasteiger charge is 2.21. The Morgan fingerprint density at radius 3 is 2.67 bits per heavy atom. The summed E-state index contributed by atoms with van der Waals surface area (Å²) in [5.41, 5.74) is 4.70. The van der Waals surface area contributed by atoms with Crippen LogP contribution in [-0.4, -0.2) is 39.1 Å². The fourth-order valence-corrected chi connectivity index (χ4v) is 3.82. The Kier molecular flexibility index (Phi) is 5.63. The molecule has 0 saturated heterocycles. The van der Waals surface area contributed by atoms with E-state index in [4.69, 9.17) is 11.6 Å². The first-order chi connectivity index (χ1) is 14.4. The fourth-order valence-electron chi connectivity index (χ4n) is 3.59. The molecule has 3 aromatic rings. The van der Waals surface area contributed by atoms with Crippen LogP contribution in [0.25, 0.3) is 5.57 Å². The summed E-state index contributed by atoms with van der Waals surface area (Å²) in [5.74, 6) is -0.170. The minimum absolute atomic E-state index is 0.125. The molecule has 4 rings (SSSR count). The van der Waals surface area contributed by atoms with E-state index in [1.54, 1.807) is 13.1 Å². The SMILES string of the molecule is CC1=C(c2ccc(CC(=O)c3cccc(F)c3Cl)cc2)CN(c2nnn(C)n2)CC1. The highest BCUT2D eigenvalue weighted by molar-refractivity contribution is 6.34. The van der Waals surface area contributed by atoms with Gasteiger partial charge < -0.3 is 4.90 Å². The van der Waals surface area contributed by atoms with Crippen molar-refractivity contribution in [2.75, 3.05) is 18.0 Å². The predicted octanol–water partition coefficient (Wildman–Crippen LogP) is 4.11. The molecule has 0 unspecified atom stereocenters. The summed E-state index contributed by atoms with van der Waals surface area (Å²) in [6.07, 6.45) is 1.09. The number of carbonyl (C=O) groups is 1. The van der Waals surface area contributed by atoms with Crippen LogP contribution in [0.3, 0.4) is 0 Å². The molecule has 0 amide bonds. The van der Waals surface area contributed by atoms with Gasteiger partial charge in [-0.05, 0) is 47.4 Å². The number of anilines is 1. The molecule has 0 bridgehead atoms. The predicted molar refractivity (Wildman–Crippen MR) is 114 cm³/mol. The average molecular weight is 426 g/mol. The Bertz CT molecular complexity index is 1120. The lowest BCUT2D eigenvalue weighted by molar-refractivity contribution is 0.0992. The average Bonchev–Trinajstić information content (AvgIpc) is 3.17. The van der Waals surface area contributed by atoms with Crippen LogP contribution >= 0.6 is 11.6 Å². The third-order valence-electron chi connectivity index (χ3n) is 5.32. The highest BCUT2D eigenvalue weighted by atomic mass is 35.5. The number of aryl methyl sites for hydroxylation is 1. The van der Waals surface area contributed by atoms with Gasteiger partial charge in [-0.3, -0.25) is 4.79 Å². The number of nitrogens with zero attached hydrogens (tertiary/aromatic N) is 5. The van der Waals surface area contributed by atoms with Crippen LogP contribution in [0, 0.1) is 5.82 Å². The van der Waals surface area contributed by atoms with E-state index in [2.05, 4.69) is 27.2 Å². The van der Waals surface area contributed by atoms with Gasteiger partial charge in [-0.2, -0.15) is 4.80 Å². The first-order valence-electron chi connectivity index (χ1n) is 9.66. The van der Waals surface area contributed by atoms with Crippen molar-refractivity contribution in [1.82, 2.24) is 20.2 Å². The Morgan fingerprint density at radius 1 is 1.20 bits per heavy atom. The maximum absolute atomic E-state index is 13.6. The van der Waals surface area contributed by atoms with Gasteiger partial charge >= 0.3 is 0 Å². The molecular weight excluding hydrogens is 405 g/mol. The van der Waals surface area contributed by atoms with Gasteiger partial charge in [-0.25, -0.2) is 4.39 Å². The van der Waals surface area contributed by atoms with Gasteiger partial charge in [-0.15, -0.1) is 5.10 Å². The quantitative estimate of drug-likeness (QED) is 0.575. The molecule has 154 valence electrons. The van der Waals surface area contributed by atoms with E-state index < -0.39 is 5.82 Å². The second-order valence-electron chi connectivity index (χ2n) is 7.41. The van der Waals surface area contributed by atoms with Gasteiger partial charge in [0.05, 0.1) is 12.1 Å². The summed E-state index contributed by atoms with van der Waals surface area (Å²) in [6, 6.07) is 12.2. The van der Waals surface area contributed by atoms with Crippen molar-refractivity contribution in [3.05, 3.63) is 75.6 Å². The van der Waals surface area contributed by atoms with E-state index in [1.807, 2.05) is 24.3 Å². The summed E-state index contributed by atoms with van der Waals surface area (Å²) in [5, 5.41) is 12.2. The standard InChI is InChI=1S/C22H21ClFN5O/c1-14-10-11-29(22-25-27-28(2)26-22)13-18(14)16-8-6-15(7-9-16)12-20(30)17-4-3-5-19(24)21(17)23/h3-9H,10-13H2,1-2H3. The van der Waals surface area contributed by atoms with Crippen LogP contribution in [0.2, 0.25) is 5.02 Å². The number of hydrogen-bond donors (Lipinski definition) is 0. The fraction of sp³-hybridized carbons (Fsp3) is 0.273. The van der Waals surface area contributed by atoms with Crippen LogP contribution in [0.5, 0.6) is 0 Å². The van der Waals surface area contributed by atoms with Crippen molar-refractivity contribution in [3.8, 4) is 0 Å². The summed E-state index contributed by atoms with van der Waals surface area (Å²) in [6.45, 7) is 3.69. The van der Waals surface area contributed by atoms with E-state index in [1.165, 1.54) is 28.1 Å². The highest BCUT2D eigenvalue weighted by Crippen LogP contribution is 2.28. The molecule has 2 heterocycles. The summed E-state index contributed by atoms with van der Waals surface area (Å²) >= 11 is 5.94. The zero-order chi connectivity index (χ0) is 21.3. The van der Waals surface area contributed by atoms with Crippen LogP contribution in [-0.2, 0) is 13.5 Å². The van der Waals surface area contributed by atoms with E-state index in [0.717, 1.165) is 24.1 Å². The molecule has 0 saturated carbocycles. The Morgan fingerprint density at radius 2 is 1.97 bits per heavy atom. The van der Waals surface area contributed by atoms with Gasteiger partial charge in [-0.1, -0.05) is 52.6 Å². The molecule has 1 aliphatic rings. The molecule has 0 fully saturated rings. The maximum atomic E-state index is 13.6. The van der Waals surface area contributed by atoms with Crippen molar-refractivity contribution in [1.29, 1.82) is 0 Å².